The molecule has 0 bridgehead atoms. The molecule has 0 N–H and O–H groups in total. The van der Waals surface area contributed by atoms with Crippen molar-refractivity contribution in [2.75, 3.05) is 0 Å². The van der Waals surface area contributed by atoms with E-state index in [1.165, 1.54) is 11.8 Å². The van der Waals surface area contributed by atoms with Crippen molar-refractivity contribution >= 4 is 27.6 Å². The standard InChI is InChI=1S/C21H23N3O4S2/c1-15(2)28-20(25)17-11-9-16(10-12-17)13-29-21-23-22-19(24(21)3)14-30(26,27)18-7-5-4-6-8-18/h4-12,15H,13-14H2,1-3H3. The fourth-order valence-electron chi connectivity index (χ4n) is 2.64. The predicted octanol–water partition coefficient (Wildman–Crippen LogP) is 3.65. The molecule has 0 fully saturated rings. The number of thioether (sulfide) groups is 1. The van der Waals surface area contributed by atoms with Crippen LogP contribution < -0.4 is 0 Å². The van der Waals surface area contributed by atoms with Gasteiger partial charge in [-0.05, 0) is 43.7 Å². The molecule has 158 valence electrons. The molecule has 0 saturated carbocycles. The Morgan fingerprint density at radius 1 is 1.07 bits per heavy atom. The van der Waals surface area contributed by atoms with Gasteiger partial charge in [0.15, 0.2) is 15.0 Å². The van der Waals surface area contributed by atoms with Gasteiger partial charge in [0.25, 0.3) is 0 Å². The van der Waals surface area contributed by atoms with Gasteiger partial charge in [0.1, 0.15) is 11.6 Å². The summed E-state index contributed by atoms with van der Waals surface area (Å²) in [5.74, 6) is 0.430. The zero-order valence-corrected chi connectivity index (χ0v) is 18.6. The smallest absolute Gasteiger partial charge is 0.338 e. The van der Waals surface area contributed by atoms with Gasteiger partial charge in [0, 0.05) is 12.8 Å². The van der Waals surface area contributed by atoms with Gasteiger partial charge in [-0.15, -0.1) is 10.2 Å². The second-order valence-electron chi connectivity index (χ2n) is 6.97. The summed E-state index contributed by atoms with van der Waals surface area (Å²) in [7, 11) is -1.73. The van der Waals surface area contributed by atoms with Crippen LogP contribution in [0.2, 0.25) is 0 Å². The Labute approximate surface area is 180 Å². The third-order valence-electron chi connectivity index (χ3n) is 4.25. The second-order valence-corrected chi connectivity index (χ2v) is 9.90. The van der Waals surface area contributed by atoms with Crippen molar-refractivity contribution < 1.29 is 17.9 Å². The number of nitrogens with zero attached hydrogens (tertiary/aromatic N) is 3. The molecule has 30 heavy (non-hydrogen) atoms. The maximum atomic E-state index is 12.6. The average molecular weight is 446 g/mol. The van der Waals surface area contributed by atoms with Gasteiger partial charge in [-0.1, -0.05) is 42.1 Å². The normalized spacial score (nSPS) is 11.6. The van der Waals surface area contributed by atoms with Crippen molar-refractivity contribution in [3.05, 3.63) is 71.5 Å². The van der Waals surface area contributed by atoms with E-state index in [1.807, 2.05) is 26.0 Å². The lowest BCUT2D eigenvalue weighted by molar-refractivity contribution is 0.0378. The molecular weight excluding hydrogens is 422 g/mol. The highest BCUT2D eigenvalue weighted by Gasteiger charge is 2.20. The first-order valence-electron chi connectivity index (χ1n) is 9.35. The molecule has 0 saturated heterocycles. The van der Waals surface area contributed by atoms with Crippen LogP contribution in [0.25, 0.3) is 0 Å². The van der Waals surface area contributed by atoms with Gasteiger partial charge in [-0.2, -0.15) is 0 Å². The van der Waals surface area contributed by atoms with Crippen LogP contribution in [0.5, 0.6) is 0 Å². The lowest BCUT2D eigenvalue weighted by atomic mass is 10.1. The van der Waals surface area contributed by atoms with Crippen molar-refractivity contribution in [2.45, 2.75) is 41.5 Å². The van der Waals surface area contributed by atoms with Crippen LogP contribution in [-0.2, 0) is 33.1 Å². The number of carbonyl (C=O) groups is 1. The molecule has 0 aliphatic rings. The zero-order valence-electron chi connectivity index (χ0n) is 17.0. The molecule has 3 rings (SSSR count). The highest BCUT2D eigenvalue weighted by molar-refractivity contribution is 7.98. The number of carbonyl (C=O) groups excluding carboxylic acids is 1. The Morgan fingerprint density at radius 2 is 1.73 bits per heavy atom. The predicted molar refractivity (Wildman–Crippen MR) is 115 cm³/mol. The maximum Gasteiger partial charge on any atom is 0.338 e. The van der Waals surface area contributed by atoms with Crippen LogP contribution in [0.4, 0.5) is 0 Å². The van der Waals surface area contributed by atoms with E-state index >= 15 is 0 Å². The van der Waals surface area contributed by atoms with E-state index in [0.717, 1.165) is 5.56 Å². The third-order valence-corrected chi connectivity index (χ3v) is 6.97. The minimum absolute atomic E-state index is 0.163. The number of benzene rings is 2. The first-order valence-corrected chi connectivity index (χ1v) is 12.0. The number of rotatable bonds is 8. The first-order chi connectivity index (χ1) is 14.3. The molecule has 0 atom stereocenters. The minimum atomic E-state index is -3.49. The van der Waals surface area contributed by atoms with Gasteiger partial charge >= 0.3 is 5.97 Å². The SMILES string of the molecule is CC(C)OC(=O)c1ccc(CSc2nnc(CS(=O)(=O)c3ccccc3)n2C)cc1. The van der Waals surface area contributed by atoms with E-state index in [1.54, 1.807) is 54.1 Å². The molecule has 0 aliphatic carbocycles. The maximum absolute atomic E-state index is 12.6. The minimum Gasteiger partial charge on any atom is -0.459 e. The quantitative estimate of drug-likeness (QED) is 0.386. The molecular formula is C21H23N3O4S2. The summed E-state index contributed by atoms with van der Waals surface area (Å²) in [6, 6.07) is 15.5. The Hall–Kier alpha value is -2.65. The zero-order chi connectivity index (χ0) is 21.7. The molecule has 0 aliphatic heterocycles. The molecule has 3 aromatic rings. The fourth-order valence-corrected chi connectivity index (χ4v) is 4.86. The highest BCUT2D eigenvalue weighted by Crippen LogP contribution is 2.23. The Morgan fingerprint density at radius 3 is 2.37 bits per heavy atom. The summed E-state index contributed by atoms with van der Waals surface area (Å²) < 4.78 is 32.0. The Balaban J connectivity index is 1.64. The van der Waals surface area contributed by atoms with Crippen molar-refractivity contribution in [3.8, 4) is 0 Å². The third kappa shape index (κ3) is 5.48. The van der Waals surface area contributed by atoms with Crippen LogP contribution in [0, 0.1) is 0 Å². The average Bonchev–Trinajstić information content (AvgIpc) is 3.06. The van der Waals surface area contributed by atoms with Gasteiger partial charge in [0.05, 0.1) is 16.6 Å². The molecule has 1 aromatic heterocycles. The Bertz CT molecular complexity index is 1110. The number of ether oxygens (including phenoxy) is 1. The summed E-state index contributed by atoms with van der Waals surface area (Å²) in [5, 5.41) is 8.80. The van der Waals surface area contributed by atoms with Gasteiger partial charge in [-0.3, -0.25) is 0 Å². The molecule has 0 radical (unpaired) electrons. The van der Waals surface area contributed by atoms with Gasteiger partial charge in [0.2, 0.25) is 0 Å². The van der Waals surface area contributed by atoms with Crippen molar-refractivity contribution in [1.29, 1.82) is 0 Å². The monoisotopic (exact) mass is 445 g/mol. The molecule has 2 aromatic carbocycles. The number of sulfone groups is 1. The van der Waals surface area contributed by atoms with Crippen LogP contribution in [0.15, 0.2) is 64.6 Å². The summed E-state index contributed by atoms with van der Waals surface area (Å²) in [5.41, 5.74) is 1.51. The summed E-state index contributed by atoms with van der Waals surface area (Å²) in [6.45, 7) is 3.62. The van der Waals surface area contributed by atoms with Crippen LogP contribution >= 0.6 is 11.8 Å². The van der Waals surface area contributed by atoms with Crippen LogP contribution in [0.3, 0.4) is 0 Å². The number of esters is 1. The molecule has 0 unspecified atom stereocenters. The fraction of sp³-hybridized carbons (Fsp3) is 0.286. The Kier molecular flexibility index (Phi) is 6.94. The summed E-state index contributed by atoms with van der Waals surface area (Å²) >= 11 is 1.45. The van der Waals surface area contributed by atoms with Crippen molar-refractivity contribution in [1.82, 2.24) is 14.8 Å². The van der Waals surface area contributed by atoms with Gasteiger partial charge < -0.3 is 9.30 Å². The number of hydrogen-bond acceptors (Lipinski definition) is 7. The van der Waals surface area contributed by atoms with E-state index in [9.17, 15) is 13.2 Å². The topological polar surface area (TPSA) is 91.2 Å². The van der Waals surface area contributed by atoms with E-state index < -0.39 is 9.84 Å². The summed E-state index contributed by atoms with van der Waals surface area (Å²) in [6.07, 6.45) is -0.163. The van der Waals surface area contributed by atoms with Crippen molar-refractivity contribution in [3.63, 3.8) is 0 Å². The highest BCUT2D eigenvalue weighted by atomic mass is 32.2. The molecule has 9 heteroatoms. The first kappa shape index (κ1) is 22.0. The molecule has 1 heterocycles. The van der Waals surface area contributed by atoms with E-state index in [0.29, 0.717) is 22.3 Å². The van der Waals surface area contributed by atoms with E-state index in [-0.39, 0.29) is 22.7 Å². The van der Waals surface area contributed by atoms with Crippen LogP contribution in [0.1, 0.15) is 35.6 Å². The van der Waals surface area contributed by atoms with E-state index in [4.69, 9.17) is 4.74 Å². The molecule has 0 spiro atoms. The number of hydrogen-bond donors (Lipinski definition) is 0. The van der Waals surface area contributed by atoms with Crippen molar-refractivity contribution in [2.24, 2.45) is 7.05 Å². The lowest BCUT2D eigenvalue weighted by Crippen LogP contribution is -2.11. The summed E-state index contributed by atoms with van der Waals surface area (Å²) in [4.78, 5) is 12.2. The lowest BCUT2D eigenvalue weighted by Gasteiger charge is -2.08. The second kappa shape index (κ2) is 9.44. The number of aromatic nitrogens is 3. The molecule has 0 amide bonds. The molecule has 7 nitrogen and oxygen atoms in total. The largest absolute Gasteiger partial charge is 0.459 e. The van der Waals surface area contributed by atoms with E-state index in [2.05, 4.69) is 10.2 Å². The van der Waals surface area contributed by atoms with Crippen LogP contribution in [-0.4, -0.2) is 35.3 Å². The van der Waals surface area contributed by atoms with Gasteiger partial charge in [-0.25, -0.2) is 13.2 Å².